The van der Waals surface area contributed by atoms with Crippen molar-refractivity contribution in [2.24, 2.45) is 5.41 Å². The highest BCUT2D eigenvalue weighted by Gasteiger charge is 2.31. The number of piperazine rings is 1. The fraction of sp³-hybridized carbons (Fsp3) is 0.458. The lowest BCUT2D eigenvalue weighted by molar-refractivity contribution is -0.274. The molecule has 1 aliphatic heterocycles. The Morgan fingerprint density at radius 3 is 2.32 bits per heavy atom. The van der Waals surface area contributed by atoms with E-state index in [4.69, 9.17) is 0 Å². The van der Waals surface area contributed by atoms with Gasteiger partial charge in [-0.3, -0.25) is 4.90 Å². The van der Waals surface area contributed by atoms with Gasteiger partial charge < -0.3 is 14.2 Å². The molecule has 0 aliphatic carbocycles. The number of alkyl halides is 3. The summed E-state index contributed by atoms with van der Waals surface area (Å²) in [6, 6.07) is 10.1. The summed E-state index contributed by atoms with van der Waals surface area (Å²) in [4.78, 5) is 13.1. The summed E-state index contributed by atoms with van der Waals surface area (Å²) < 4.78 is 43.3. The number of nitrogens with zero attached hydrogens (tertiary/aromatic N) is 6. The third-order valence-corrected chi connectivity index (χ3v) is 5.65. The van der Waals surface area contributed by atoms with Crippen LogP contribution in [0.5, 0.6) is 5.75 Å². The Morgan fingerprint density at radius 1 is 1.06 bits per heavy atom. The normalized spacial score (nSPS) is 15.5. The molecule has 1 aromatic carbocycles. The maximum Gasteiger partial charge on any atom is 0.573 e. The zero-order valence-electron chi connectivity index (χ0n) is 19.4. The average Bonchev–Trinajstić information content (AvgIpc) is 3.08. The Balaban J connectivity index is 1.45. The van der Waals surface area contributed by atoms with Crippen LogP contribution in [0.2, 0.25) is 0 Å². The highest BCUT2D eigenvalue weighted by atomic mass is 19.4. The number of halogens is 3. The van der Waals surface area contributed by atoms with Crippen LogP contribution in [0.15, 0.2) is 36.5 Å². The van der Waals surface area contributed by atoms with E-state index < -0.39 is 6.36 Å². The first-order valence-electron chi connectivity index (χ1n) is 11.1. The van der Waals surface area contributed by atoms with Crippen molar-refractivity contribution in [3.63, 3.8) is 0 Å². The molecule has 2 aromatic heterocycles. The molecule has 0 spiro atoms. The number of anilines is 1. The van der Waals surface area contributed by atoms with Crippen molar-refractivity contribution in [2.45, 2.75) is 40.2 Å². The lowest BCUT2D eigenvalue weighted by atomic mass is 9.97. The van der Waals surface area contributed by atoms with Gasteiger partial charge in [0.2, 0.25) is 5.82 Å². The number of benzene rings is 1. The lowest BCUT2D eigenvalue weighted by Crippen LogP contribution is -2.46. The van der Waals surface area contributed by atoms with Gasteiger partial charge in [0.05, 0.1) is 0 Å². The molecule has 34 heavy (non-hydrogen) atoms. The second-order valence-corrected chi connectivity index (χ2v) is 9.67. The number of hydrogen-bond donors (Lipinski definition) is 0. The van der Waals surface area contributed by atoms with E-state index in [1.165, 1.54) is 12.1 Å². The maximum atomic E-state index is 12.4. The van der Waals surface area contributed by atoms with Crippen LogP contribution < -0.4 is 9.64 Å². The molecule has 0 unspecified atom stereocenters. The molecule has 0 bridgehead atoms. The third kappa shape index (κ3) is 5.78. The Hall–Kier alpha value is -3.32. The average molecular weight is 473 g/mol. The van der Waals surface area contributed by atoms with Crippen LogP contribution in [0.4, 0.5) is 18.9 Å². The summed E-state index contributed by atoms with van der Waals surface area (Å²) in [6.45, 7) is 11.1. The minimum absolute atomic E-state index is 0.0269. The fourth-order valence-electron chi connectivity index (χ4n) is 4.18. The molecule has 0 saturated carbocycles. The largest absolute Gasteiger partial charge is 0.573 e. The molecule has 3 aromatic rings. The van der Waals surface area contributed by atoms with Gasteiger partial charge in [-0.1, -0.05) is 20.8 Å². The zero-order valence-corrected chi connectivity index (χ0v) is 19.4. The Kier molecular flexibility index (Phi) is 6.41. The molecule has 10 heteroatoms. The molecule has 7 nitrogen and oxygen atoms in total. The first-order valence-corrected chi connectivity index (χ1v) is 11.1. The quantitative estimate of drug-likeness (QED) is 0.542. The van der Waals surface area contributed by atoms with Crippen LogP contribution in [0.1, 0.15) is 32.3 Å². The predicted molar refractivity (Wildman–Crippen MR) is 122 cm³/mol. The SMILES string of the molecule is CC(C)(C)Cn1c(CN2CCN(c3ccc(OC(F)(F)F)cc3)CC2)cc2cnc(C#N)nc21. The standard InChI is InChI=1S/C24H27F3N6O/c1-23(2,3)16-33-19(12-17-14-29-21(13-28)30-22(17)33)15-31-8-10-32(11-9-31)18-4-6-20(7-5-18)34-24(25,26)27/h4-7,12,14H,8-11,15-16H2,1-3H3. The molecule has 1 aliphatic rings. The number of rotatable bonds is 5. The van der Waals surface area contributed by atoms with Crippen LogP contribution in [-0.2, 0) is 13.1 Å². The number of hydrogen-bond acceptors (Lipinski definition) is 6. The van der Waals surface area contributed by atoms with Crippen LogP contribution in [0.3, 0.4) is 0 Å². The molecule has 0 amide bonds. The number of fused-ring (bicyclic) bond motifs is 1. The van der Waals surface area contributed by atoms with E-state index in [0.29, 0.717) is 0 Å². The number of ether oxygens (including phenoxy) is 1. The van der Waals surface area contributed by atoms with Crippen molar-refractivity contribution in [3.05, 3.63) is 48.0 Å². The third-order valence-electron chi connectivity index (χ3n) is 5.65. The summed E-state index contributed by atoms with van der Waals surface area (Å²) >= 11 is 0. The van der Waals surface area contributed by atoms with Gasteiger partial charge in [0, 0.05) is 62.2 Å². The van der Waals surface area contributed by atoms with E-state index in [-0.39, 0.29) is 17.0 Å². The van der Waals surface area contributed by atoms with Crippen molar-refractivity contribution in [1.29, 1.82) is 5.26 Å². The Labute approximate surface area is 196 Å². The Bertz CT molecular complexity index is 1180. The van der Waals surface area contributed by atoms with Crippen molar-refractivity contribution in [3.8, 4) is 11.8 Å². The minimum Gasteiger partial charge on any atom is -0.406 e. The molecule has 0 atom stereocenters. The fourth-order valence-corrected chi connectivity index (χ4v) is 4.18. The number of nitriles is 1. The topological polar surface area (TPSA) is 70.2 Å². The van der Waals surface area contributed by atoms with E-state index in [9.17, 15) is 18.4 Å². The Morgan fingerprint density at radius 2 is 1.74 bits per heavy atom. The molecule has 1 fully saturated rings. The minimum atomic E-state index is -4.69. The lowest BCUT2D eigenvalue weighted by Gasteiger charge is -2.36. The van der Waals surface area contributed by atoms with Gasteiger partial charge in [0.15, 0.2) is 0 Å². The smallest absolute Gasteiger partial charge is 0.406 e. The second-order valence-electron chi connectivity index (χ2n) is 9.67. The summed E-state index contributed by atoms with van der Waals surface area (Å²) in [5, 5.41) is 10.1. The number of aromatic nitrogens is 3. The van der Waals surface area contributed by atoms with Crippen LogP contribution >= 0.6 is 0 Å². The van der Waals surface area contributed by atoms with Gasteiger partial charge in [-0.25, -0.2) is 9.97 Å². The first kappa shape index (κ1) is 23.8. The second kappa shape index (κ2) is 9.14. The molecular formula is C24H27F3N6O. The van der Waals surface area contributed by atoms with Crippen molar-refractivity contribution < 1.29 is 17.9 Å². The highest BCUT2D eigenvalue weighted by molar-refractivity contribution is 5.77. The monoisotopic (exact) mass is 472 g/mol. The molecule has 3 heterocycles. The van der Waals surface area contributed by atoms with Gasteiger partial charge >= 0.3 is 6.36 Å². The maximum absolute atomic E-state index is 12.4. The molecule has 0 N–H and O–H groups in total. The van der Waals surface area contributed by atoms with E-state index in [1.54, 1.807) is 18.3 Å². The highest BCUT2D eigenvalue weighted by Crippen LogP contribution is 2.28. The zero-order chi connectivity index (χ0) is 24.5. The summed E-state index contributed by atoms with van der Waals surface area (Å²) in [7, 11) is 0. The van der Waals surface area contributed by atoms with Crippen molar-refractivity contribution in [2.75, 3.05) is 31.1 Å². The first-order chi connectivity index (χ1) is 16.0. The van der Waals surface area contributed by atoms with Gasteiger partial charge in [-0.15, -0.1) is 13.2 Å². The van der Waals surface area contributed by atoms with Gasteiger partial charge in [-0.2, -0.15) is 5.26 Å². The summed E-state index contributed by atoms with van der Waals surface area (Å²) in [5.41, 5.74) is 2.79. The van der Waals surface area contributed by atoms with Crippen LogP contribution in [-0.4, -0.2) is 52.0 Å². The van der Waals surface area contributed by atoms with Crippen molar-refractivity contribution in [1.82, 2.24) is 19.4 Å². The molecule has 1 saturated heterocycles. The molecule has 180 valence electrons. The van der Waals surface area contributed by atoms with E-state index in [0.717, 1.165) is 61.7 Å². The van der Waals surface area contributed by atoms with E-state index in [2.05, 4.69) is 55.9 Å². The molecule has 4 rings (SSSR count). The van der Waals surface area contributed by atoms with Gasteiger partial charge in [0.1, 0.15) is 17.5 Å². The molecular weight excluding hydrogens is 445 g/mol. The van der Waals surface area contributed by atoms with Crippen LogP contribution in [0, 0.1) is 16.7 Å². The van der Waals surface area contributed by atoms with Gasteiger partial charge in [0.25, 0.3) is 0 Å². The van der Waals surface area contributed by atoms with E-state index in [1.807, 2.05) is 6.07 Å². The van der Waals surface area contributed by atoms with Gasteiger partial charge in [-0.05, 0) is 35.7 Å². The summed E-state index contributed by atoms with van der Waals surface area (Å²) in [5.74, 6) is -0.0585. The predicted octanol–water partition coefficient (Wildman–Crippen LogP) is 4.57. The van der Waals surface area contributed by atoms with Crippen LogP contribution in [0.25, 0.3) is 11.0 Å². The van der Waals surface area contributed by atoms with Crippen molar-refractivity contribution >= 4 is 16.7 Å². The summed E-state index contributed by atoms with van der Waals surface area (Å²) in [6.07, 6.45) is -2.99. The van der Waals surface area contributed by atoms with E-state index >= 15 is 0 Å². The molecule has 0 radical (unpaired) electrons.